The largest absolute Gasteiger partial charge is 0.573 e. The maximum atomic E-state index is 12.3. The van der Waals surface area contributed by atoms with E-state index in [9.17, 15) is 13.2 Å². The van der Waals surface area contributed by atoms with Gasteiger partial charge in [0.25, 0.3) is 0 Å². The van der Waals surface area contributed by atoms with Crippen molar-refractivity contribution in [1.29, 1.82) is 0 Å². The SMILES string of the molecule is Cc1nn(C)c(Cl)c1COc1ccccc1OC(F)(F)F. The fourth-order valence-electron chi connectivity index (χ4n) is 1.77. The summed E-state index contributed by atoms with van der Waals surface area (Å²) < 4.78 is 47.7. The highest BCUT2D eigenvalue weighted by Crippen LogP contribution is 2.32. The van der Waals surface area contributed by atoms with E-state index >= 15 is 0 Å². The zero-order valence-electron chi connectivity index (χ0n) is 11.2. The number of hydrogen-bond donors (Lipinski definition) is 0. The summed E-state index contributed by atoms with van der Waals surface area (Å²) in [7, 11) is 1.67. The maximum absolute atomic E-state index is 12.3. The molecule has 114 valence electrons. The van der Waals surface area contributed by atoms with E-state index in [0.29, 0.717) is 16.4 Å². The lowest BCUT2D eigenvalue weighted by Crippen LogP contribution is -2.17. The van der Waals surface area contributed by atoms with Gasteiger partial charge >= 0.3 is 6.36 Å². The third-order valence-corrected chi connectivity index (χ3v) is 3.19. The Bertz CT molecular complexity index is 641. The van der Waals surface area contributed by atoms with Gasteiger partial charge in [0.2, 0.25) is 0 Å². The van der Waals surface area contributed by atoms with Gasteiger partial charge in [-0.3, -0.25) is 4.68 Å². The number of alkyl halides is 3. The summed E-state index contributed by atoms with van der Waals surface area (Å²) in [5.74, 6) is -0.420. The first-order valence-electron chi connectivity index (χ1n) is 5.93. The van der Waals surface area contributed by atoms with Crippen molar-refractivity contribution in [2.75, 3.05) is 0 Å². The molecule has 0 atom stereocenters. The molecule has 1 heterocycles. The molecule has 0 unspecified atom stereocenters. The van der Waals surface area contributed by atoms with Crippen LogP contribution >= 0.6 is 11.6 Å². The number of para-hydroxylation sites is 2. The number of ether oxygens (including phenoxy) is 2. The van der Waals surface area contributed by atoms with Gasteiger partial charge in [-0.15, -0.1) is 13.2 Å². The van der Waals surface area contributed by atoms with Crippen LogP contribution in [0.5, 0.6) is 11.5 Å². The van der Waals surface area contributed by atoms with Crippen molar-refractivity contribution in [2.24, 2.45) is 7.05 Å². The molecule has 0 fully saturated rings. The molecule has 0 bridgehead atoms. The lowest BCUT2D eigenvalue weighted by molar-refractivity contribution is -0.275. The number of aromatic nitrogens is 2. The van der Waals surface area contributed by atoms with Crippen molar-refractivity contribution in [3.05, 3.63) is 40.7 Å². The molecule has 0 radical (unpaired) electrons. The Labute approximate surface area is 124 Å². The third kappa shape index (κ3) is 3.81. The Morgan fingerprint density at radius 1 is 1.24 bits per heavy atom. The van der Waals surface area contributed by atoms with E-state index in [2.05, 4.69) is 9.84 Å². The molecule has 1 aromatic heterocycles. The molecule has 0 N–H and O–H groups in total. The second-order valence-corrected chi connectivity index (χ2v) is 4.62. The molecule has 4 nitrogen and oxygen atoms in total. The number of aryl methyl sites for hydroxylation is 2. The molecular formula is C13H12ClF3N2O2. The lowest BCUT2D eigenvalue weighted by Gasteiger charge is -2.13. The molecule has 21 heavy (non-hydrogen) atoms. The van der Waals surface area contributed by atoms with E-state index in [0.717, 1.165) is 0 Å². The fraction of sp³-hybridized carbons (Fsp3) is 0.308. The summed E-state index contributed by atoms with van der Waals surface area (Å²) in [6, 6.07) is 5.55. The van der Waals surface area contributed by atoms with E-state index in [-0.39, 0.29) is 12.4 Å². The molecule has 2 aromatic rings. The molecular weight excluding hydrogens is 309 g/mol. The molecule has 0 aliphatic heterocycles. The Hall–Kier alpha value is -1.89. The van der Waals surface area contributed by atoms with Crippen molar-refractivity contribution in [3.63, 3.8) is 0 Å². The highest BCUT2D eigenvalue weighted by molar-refractivity contribution is 6.30. The summed E-state index contributed by atoms with van der Waals surface area (Å²) >= 11 is 6.04. The van der Waals surface area contributed by atoms with Crippen LogP contribution in [-0.2, 0) is 13.7 Å². The molecule has 0 aliphatic carbocycles. The van der Waals surface area contributed by atoms with Crippen molar-refractivity contribution in [1.82, 2.24) is 9.78 Å². The van der Waals surface area contributed by atoms with Crippen molar-refractivity contribution in [2.45, 2.75) is 19.9 Å². The molecule has 0 saturated heterocycles. The van der Waals surface area contributed by atoms with Gasteiger partial charge < -0.3 is 9.47 Å². The fourth-order valence-corrected chi connectivity index (χ4v) is 2.00. The van der Waals surface area contributed by atoms with E-state index in [4.69, 9.17) is 16.3 Å². The first-order chi connectivity index (χ1) is 9.78. The quantitative estimate of drug-likeness (QED) is 0.858. The van der Waals surface area contributed by atoms with E-state index in [1.165, 1.54) is 22.9 Å². The zero-order valence-corrected chi connectivity index (χ0v) is 12.0. The average Bonchev–Trinajstić information content (AvgIpc) is 2.61. The maximum Gasteiger partial charge on any atom is 0.573 e. The van der Waals surface area contributed by atoms with Gasteiger partial charge in [-0.2, -0.15) is 5.10 Å². The highest BCUT2D eigenvalue weighted by atomic mass is 35.5. The minimum absolute atomic E-state index is 0.00324. The van der Waals surface area contributed by atoms with Gasteiger partial charge in [-0.1, -0.05) is 23.7 Å². The van der Waals surface area contributed by atoms with Gasteiger partial charge in [-0.05, 0) is 19.1 Å². The second kappa shape index (κ2) is 5.85. The second-order valence-electron chi connectivity index (χ2n) is 4.26. The number of nitrogens with zero attached hydrogens (tertiary/aromatic N) is 2. The van der Waals surface area contributed by atoms with E-state index in [1.54, 1.807) is 20.0 Å². The lowest BCUT2D eigenvalue weighted by atomic mass is 10.3. The van der Waals surface area contributed by atoms with Gasteiger partial charge in [0, 0.05) is 12.6 Å². The summed E-state index contributed by atoms with van der Waals surface area (Å²) in [4.78, 5) is 0. The van der Waals surface area contributed by atoms with Crippen LogP contribution in [0, 0.1) is 6.92 Å². The van der Waals surface area contributed by atoms with E-state index < -0.39 is 12.1 Å². The standard InChI is InChI=1S/C13H12ClF3N2O2/c1-8-9(12(14)19(2)18-8)7-20-10-5-3-4-6-11(10)21-13(15,16)17/h3-6H,7H2,1-2H3. The van der Waals surface area contributed by atoms with Gasteiger partial charge in [0.1, 0.15) is 11.8 Å². The number of halogens is 4. The Kier molecular flexibility index (Phi) is 4.32. The number of benzene rings is 1. The molecule has 0 amide bonds. The summed E-state index contributed by atoms with van der Waals surface area (Å²) in [6.07, 6.45) is -4.78. The van der Waals surface area contributed by atoms with Crippen molar-refractivity contribution >= 4 is 11.6 Å². The molecule has 2 rings (SSSR count). The summed E-state index contributed by atoms with van der Waals surface area (Å²) in [5.41, 5.74) is 1.26. The van der Waals surface area contributed by atoms with Crippen molar-refractivity contribution < 1.29 is 22.6 Å². The minimum atomic E-state index is -4.78. The van der Waals surface area contributed by atoms with Gasteiger partial charge in [0.05, 0.1) is 5.69 Å². The summed E-state index contributed by atoms with van der Waals surface area (Å²) in [5, 5.41) is 4.47. The van der Waals surface area contributed by atoms with Gasteiger partial charge in [-0.25, -0.2) is 0 Å². The molecule has 0 aliphatic rings. The summed E-state index contributed by atoms with van der Waals surface area (Å²) in [6.45, 7) is 1.74. The molecule has 0 spiro atoms. The van der Waals surface area contributed by atoms with Crippen LogP contribution in [0.15, 0.2) is 24.3 Å². The number of rotatable bonds is 4. The van der Waals surface area contributed by atoms with Crippen LogP contribution < -0.4 is 9.47 Å². The predicted molar refractivity (Wildman–Crippen MR) is 70.4 cm³/mol. The van der Waals surface area contributed by atoms with Crippen LogP contribution in [0.4, 0.5) is 13.2 Å². The Morgan fingerprint density at radius 2 is 1.86 bits per heavy atom. The van der Waals surface area contributed by atoms with Gasteiger partial charge in [0.15, 0.2) is 11.5 Å². The topological polar surface area (TPSA) is 36.3 Å². The van der Waals surface area contributed by atoms with Crippen LogP contribution in [0.25, 0.3) is 0 Å². The first kappa shape index (κ1) is 15.5. The van der Waals surface area contributed by atoms with Crippen LogP contribution in [0.3, 0.4) is 0 Å². The molecule has 1 aromatic carbocycles. The predicted octanol–water partition coefficient (Wildman–Crippen LogP) is 3.86. The average molecular weight is 321 g/mol. The molecule has 0 saturated carbocycles. The third-order valence-electron chi connectivity index (χ3n) is 2.72. The Morgan fingerprint density at radius 3 is 2.38 bits per heavy atom. The monoisotopic (exact) mass is 320 g/mol. The van der Waals surface area contributed by atoms with E-state index in [1.807, 2.05) is 0 Å². The van der Waals surface area contributed by atoms with Crippen LogP contribution in [-0.4, -0.2) is 16.1 Å². The minimum Gasteiger partial charge on any atom is -0.485 e. The van der Waals surface area contributed by atoms with Crippen LogP contribution in [0.1, 0.15) is 11.3 Å². The van der Waals surface area contributed by atoms with Crippen LogP contribution in [0.2, 0.25) is 5.15 Å². The number of hydrogen-bond acceptors (Lipinski definition) is 3. The highest BCUT2D eigenvalue weighted by Gasteiger charge is 2.32. The van der Waals surface area contributed by atoms with Crippen molar-refractivity contribution in [3.8, 4) is 11.5 Å². The molecule has 8 heteroatoms. The zero-order chi connectivity index (χ0) is 15.6. The first-order valence-corrected chi connectivity index (χ1v) is 6.31. The smallest absolute Gasteiger partial charge is 0.485 e. The Balaban J connectivity index is 2.17. The normalized spacial score (nSPS) is 11.5.